The summed E-state index contributed by atoms with van der Waals surface area (Å²) in [6.45, 7) is 12.4. The molecule has 0 unspecified atom stereocenters. The molecule has 0 N–H and O–H groups in total. The zero-order valence-corrected chi connectivity index (χ0v) is 25.0. The van der Waals surface area contributed by atoms with Crippen LogP contribution in [0.25, 0.3) is 32.9 Å². The zero-order valence-electron chi connectivity index (χ0n) is 24.2. The number of fused-ring (bicyclic) bond motifs is 1. The van der Waals surface area contributed by atoms with Crippen LogP contribution in [0.4, 0.5) is 10.2 Å². The molecule has 3 aliphatic rings. The number of hydrogen-bond acceptors (Lipinski definition) is 7. The fraction of sp³-hybridized carbons (Fsp3) is 0.419. The number of piperazine rings is 1. The van der Waals surface area contributed by atoms with Crippen LogP contribution in [0.2, 0.25) is 0 Å². The Hall–Kier alpha value is -3.70. The van der Waals surface area contributed by atoms with E-state index in [9.17, 15) is 9.59 Å². The van der Waals surface area contributed by atoms with Crippen molar-refractivity contribution in [1.82, 2.24) is 24.2 Å². The molecule has 2 aromatic carbocycles. The Morgan fingerprint density at radius 2 is 1.93 bits per heavy atom. The van der Waals surface area contributed by atoms with E-state index in [1.807, 2.05) is 38.8 Å². The maximum absolute atomic E-state index is 15.9. The van der Waals surface area contributed by atoms with Gasteiger partial charge in [-0.3, -0.25) is 14.0 Å². The summed E-state index contributed by atoms with van der Waals surface area (Å²) >= 11 is 1.67. The fourth-order valence-electron chi connectivity index (χ4n) is 7.05. The molecule has 0 radical (unpaired) electrons. The Morgan fingerprint density at radius 3 is 2.60 bits per heavy atom. The average Bonchev–Trinajstić information content (AvgIpc) is 3.19. The molecule has 2 saturated heterocycles. The summed E-state index contributed by atoms with van der Waals surface area (Å²) in [5, 5.41) is 6.13. The summed E-state index contributed by atoms with van der Waals surface area (Å²) in [7, 11) is 1.82. The van der Waals surface area contributed by atoms with Gasteiger partial charge in [-0.1, -0.05) is 6.58 Å². The van der Waals surface area contributed by atoms with Gasteiger partial charge in [0.1, 0.15) is 11.6 Å². The van der Waals surface area contributed by atoms with Gasteiger partial charge in [-0.25, -0.2) is 9.18 Å². The Morgan fingerprint density at radius 1 is 1.19 bits per heavy atom. The Balaban J connectivity index is 1.49. The number of nitrogens with zero attached hydrogens (tertiary/aromatic N) is 6. The van der Waals surface area contributed by atoms with E-state index in [0.717, 1.165) is 38.1 Å². The normalized spacial score (nSPS) is 21.5. The second-order valence-corrected chi connectivity index (χ2v) is 13.0. The number of aromatic nitrogens is 4. The minimum absolute atomic E-state index is 0.102. The van der Waals surface area contributed by atoms with Crippen LogP contribution in [0.15, 0.2) is 46.7 Å². The fourth-order valence-corrected chi connectivity index (χ4v) is 8.52. The molecule has 7 rings (SSSR count). The quantitative estimate of drug-likeness (QED) is 0.333. The number of anilines is 1. The molecule has 3 aliphatic heterocycles. The predicted octanol–water partition coefficient (Wildman–Crippen LogP) is 4.13. The van der Waals surface area contributed by atoms with Crippen LogP contribution < -0.4 is 10.6 Å². The van der Waals surface area contributed by atoms with Crippen LogP contribution in [0.5, 0.6) is 0 Å². The van der Waals surface area contributed by atoms with Crippen molar-refractivity contribution in [3.05, 3.63) is 58.9 Å². The van der Waals surface area contributed by atoms with Crippen LogP contribution in [-0.4, -0.2) is 74.3 Å². The SMILES string of the molecule is C=CC(=O)N1[C@H](C)CN(c2nc(=O)n3c4c(c(-c5c(F)ccc6cnn(C)c56)c(C)cc24)SCC2(COC2)C3)C[C@@H]1C. The van der Waals surface area contributed by atoms with Crippen LogP contribution in [-0.2, 0) is 23.1 Å². The first-order valence-corrected chi connectivity index (χ1v) is 15.2. The summed E-state index contributed by atoms with van der Waals surface area (Å²) in [6, 6.07) is 5.09. The van der Waals surface area contributed by atoms with E-state index in [0.29, 0.717) is 49.7 Å². The molecular formula is C31H33FN6O3S. The Labute approximate surface area is 246 Å². The lowest BCUT2D eigenvalue weighted by Gasteiger charge is -2.44. The van der Waals surface area contributed by atoms with Crippen molar-refractivity contribution >= 4 is 45.3 Å². The molecule has 2 aromatic heterocycles. The van der Waals surface area contributed by atoms with Crippen LogP contribution in [0.1, 0.15) is 19.4 Å². The van der Waals surface area contributed by atoms with Gasteiger partial charge in [0.25, 0.3) is 0 Å². The topological polar surface area (TPSA) is 85.5 Å². The second kappa shape index (κ2) is 9.67. The highest BCUT2D eigenvalue weighted by molar-refractivity contribution is 7.99. The standard InChI is InChI=1S/C31H33FN6O3S/c1-6-23(39)38-18(3)11-36(12-19(38)4)29-21-9-17(2)24(25-22(32)8-7-20-10-33-35(5)26(20)25)28-27(21)37(30(40)34-29)13-31(16-42-28)14-41-15-31/h6-10,18-19H,1,11-16H2,2-5H3/t18-,19+. The number of aryl methyl sites for hydroxylation is 2. The summed E-state index contributed by atoms with van der Waals surface area (Å²) in [5.41, 5.74) is 3.15. The highest BCUT2D eigenvalue weighted by Crippen LogP contribution is 2.49. The summed E-state index contributed by atoms with van der Waals surface area (Å²) in [5.74, 6) is 0.915. The third-order valence-electron chi connectivity index (χ3n) is 8.98. The molecule has 1 amide bonds. The number of rotatable bonds is 3. The first-order valence-electron chi connectivity index (χ1n) is 14.2. The van der Waals surface area contributed by atoms with Crippen LogP contribution in [0.3, 0.4) is 0 Å². The summed E-state index contributed by atoms with van der Waals surface area (Å²) < 4.78 is 25.0. The molecule has 1 spiro atoms. The third-order valence-corrected chi connectivity index (χ3v) is 10.4. The van der Waals surface area contributed by atoms with Gasteiger partial charge in [0.2, 0.25) is 5.91 Å². The van der Waals surface area contributed by atoms with E-state index in [2.05, 4.69) is 21.6 Å². The van der Waals surface area contributed by atoms with Crippen LogP contribution >= 0.6 is 11.8 Å². The average molecular weight is 589 g/mol. The molecule has 2 fully saturated rings. The third kappa shape index (κ3) is 3.93. The van der Waals surface area contributed by atoms with E-state index in [1.54, 1.807) is 33.3 Å². The minimum atomic E-state index is -0.329. The van der Waals surface area contributed by atoms with Crippen molar-refractivity contribution < 1.29 is 13.9 Å². The van der Waals surface area contributed by atoms with Crippen molar-refractivity contribution in [2.24, 2.45) is 12.5 Å². The molecule has 11 heteroatoms. The van der Waals surface area contributed by atoms with E-state index in [-0.39, 0.29) is 34.9 Å². The van der Waals surface area contributed by atoms with Gasteiger partial charge < -0.3 is 14.5 Å². The number of halogens is 1. The van der Waals surface area contributed by atoms with Crippen molar-refractivity contribution in [2.45, 2.75) is 44.3 Å². The van der Waals surface area contributed by atoms with E-state index in [4.69, 9.17) is 4.74 Å². The molecule has 42 heavy (non-hydrogen) atoms. The van der Waals surface area contributed by atoms with E-state index >= 15 is 4.39 Å². The summed E-state index contributed by atoms with van der Waals surface area (Å²) in [4.78, 5) is 36.0. The molecule has 0 aliphatic carbocycles. The molecule has 0 saturated carbocycles. The predicted molar refractivity (Wildman–Crippen MR) is 163 cm³/mol. The lowest BCUT2D eigenvalue weighted by molar-refractivity contribution is -0.130. The molecule has 5 heterocycles. The number of thioether (sulfide) groups is 1. The molecule has 0 bridgehead atoms. The monoisotopic (exact) mass is 588 g/mol. The lowest BCUT2D eigenvalue weighted by atomic mass is 9.88. The van der Waals surface area contributed by atoms with Gasteiger partial charge >= 0.3 is 5.69 Å². The van der Waals surface area contributed by atoms with E-state index in [1.165, 1.54) is 12.1 Å². The summed E-state index contributed by atoms with van der Waals surface area (Å²) in [6.07, 6.45) is 3.10. The number of carbonyl (C=O) groups is 1. The number of ether oxygens (including phenoxy) is 1. The lowest BCUT2D eigenvalue weighted by Crippen LogP contribution is -2.58. The van der Waals surface area contributed by atoms with Gasteiger partial charge in [-0.15, -0.1) is 11.8 Å². The maximum Gasteiger partial charge on any atom is 0.350 e. The van der Waals surface area contributed by atoms with Crippen molar-refractivity contribution in [3.8, 4) is 11.1 Å². The smallest absolute Gasteiger partial charge is 0.350 e. The largest absolute Gasteiger partial charge is 0.380 e. The van der Waals surface area contributed by atoms with Crippen LogP contribution in [0, 0.1) is 18.2 Å². The van der Waals surface area contributed by atoms with Crippen molar-refractivity contribution in [3.63, 3.8) is 0 Å². The first kappa shape index (κ1) is 27.2. The number of benzene rings is 2. The van der Waals surface area contributed by atoms with Crippen molar-refractivity contribution in [1.29, 1.82) is 0 Å². The molecule has 218 valence electrons. The highest BCUT2D eigenvalue weighted by Gasteiger charge is 2.43. The van der Waals surface area contributed by atoms with Gasteiger partial charge in [0.05, 0.1) is 30.4 Å². The second-order valence-electron chi connectivity index (χ2n) is 12.1. The molecule has 4 aromatic rings. The Kier molecular flexibility index (Phi) is 6.25. The molecule has 2 atom stereocenters. The van der Waals surface area contributed by atoms with E-state index < -0.39 is 0 Å². The molecular weight excluding hydrogens is 555 g/mol. The zero-order chi connectivity index (χ0) is 29.5. The highest BCUT2D eigenvalue weighted by atomic mass is 32.2. The first-order chi connectivity index (χ1) is 20.1. The van der Waals surface area contributed by atoms with Gasteiger partial charge in [0.15, 0.2) is 0 Å². The Bertz CT molecular complexity index is 1850. The maximum atomic E-state index is 15.9. The number of hydrogen-bond donors (Lipinski definition) is 0. The number of amides is 1. The van der Waals surface area contributed by atoms with Gasteiger partial charge in [-0.05, 0) is 50.6 Å². The van der Waals surface area contributed by atoms with Crippen molar-refractivity contribution in [2.75, 3.05) is 37.0 Å². The molecule has 9 nitrogen and oxygen atoms in total. The van der Waals surface area contributed by atoms with Gasteiger partial charge in [0, 0.05) is 76.7 Å². The van der Waals surface area contributed by atoms with Gasteiger partial charge in [-0.2, -0.15) is 10.1 Å². The minimum Gasteiger partial charge on any atom is -0.380 e. The number of carbonyl (C=O) groups excluding carboxylic acids is 1.